The first-order valence-corrected chi connectivity index (χ1v) is 10.0. The number of aromatic nitrogens is 1. The van der Waals surface area contributed by atoms with Crippen molar-refractivity contribution in [1.82, 2.24) is 4.98 Å². The van der Waals surface area contributed by atoms with E-state index in [-0.39, 0.29) is 17.6 Å². The molecule has 1 aromatic heterocycles. The minimum atomic E-state index is -0.999. The molecule has 1 spiro atoms. The highest BCUT2D eigenvalue weighted by Crippen LogP contribution is 2.51. The molecule has 1 saturated heterocycles. The summed E-state index contributed by atoms with van der Waals surface area (Å²) in [5, 5.41) is 1.06. The summed E-state index contributed by atoms with van der Waals surface area (Å²) in [5.41, 5.74) is 2.17. The molecular weight excluding hydrogens is 348 g/mol. The Morgan fingerprint density at radius 2 is 1.64 bits per heavy atom. The van der Waals surface area contributed by atoms with E-state index in [9.17, 15) is 9.59 Å². The van der Waals surface area contributed by atoms with Crippen molar-refractivity contribution in [3.63, 3.8) is 0 Å². The molecule has 3 aromatic rings. The first kappa shape index (κ1) is 16.0. The number of benzene rings is 2. The van der Waals surface area contributed by atoms with Gasteiger partial charge in [-0.15, -0.1) is 0 Å². The molecule has 138 valence electrons. The van der Waals surface area contributed by atoms with E-state index in [2.05, 4.69) is 11.0 Å². The number of anilines is 1. The van der Waals surface area contributed by atoms with Crippen LogP contribution in [-0.2, 0) is 6.42 Å². The lowest BCUT2D eigenvalue weighted by Crippen LogP contribution is -2.60. The van der Waals surface area contributed by atoms with Gasteiger partial charge in [0.05, 0.1) is 11.6 Å². The van der Waals surface area contributed by atoms with Gasteiger partial charge in [0.25, 0.3) is 0 Å². The zero-order valence-electron chi connectivity index (χ0n) is 15.5. The predicted molar refractivity (Wildman–Crippen MR) is 108 cm³/mol. The zero-order valence-corrected chi connectivity index (χ0v) is 15.5. The number of piperidine rings is 1. The molecule has 4 heteroatoms. The molecule has 0 saturated carbocycles. The fourth-order valence-electron chi connectivity index (χ4n) is 5.57. The minimum absolute atomic E-state index is 0.00353. The van der Waals surface area contributed by atoms with Gasteiger partial charge < -0.3 is 4.90 Å². The van der Waals surface area contributed by atoms with Gasteiger partial charge in [-0.3, -0.25) is 9.59 Å². The third kappa shape index (κ3) is 1.88. The number of rotatable bonds is 0. The Morgan fingerprint density at radius 3 is 2.43 bits per heavy atom. The second-order valence-corrected chi connectivity index (χ2v) is 8.22. The first-order chi connectivity index (χ1) is 13.7. The highest BCUT2D eigenvalue weighted by molar-refractivity contribution is 6.30. The number of pyridine rings is 1. The van der Waals surface area contributed by atoms with Crippen molar-refractivity contribution in [3.05, 3.63) is 71.3 Å². The average molecular weight is 368 g/mol. The number of ketones is 2. The van der Waals surface area contributed by atoms with Gasteiger partial charge in [-0.05, 0) is 43.4 Å². The summed E-state index contributed by atoms with van der Waals surface area (Å²) in [4.78, 5) is 34.5. The fraction of sp³-hybridized carbons (Fsp3) is 0.292. The molecular formula is C24H20N2O2. The molecule has 1 fully saturated rings. The van der Waals surface area contributed by atoms with Crippen molar-refractivity contribution >= 4 is 28.3 Å². The van der Waals surface area contributed by atoms with E-state index in [4.69, 9.17) is 4.98 Å². The summed E-state index contributed by atoms with van der Waals surface area (Å²) in [7, 11) is 0. The van der Waals surface area contributed by atoms with Crippen LogP contribution in [-0.4, -0.2) is 29.1 Å². The Labute approximate surface area is 163 Å². The quantitative estimate of drug-likeness (QED) is 0.558. The summed E-state index contributed by atoms with van der Waals surface area (Å²) in [6.07, 6.45) is 3.42. The summed E-state index contributed by atoms with van der Waals surface area (Å²) in [5.74, 6) is 0.971. The van der Waals surface area contributed by atoms with E-state index in [1.54, 1.807) is 0 Å². The molecule has 3 heterocycles. The third-order valence-corrected chi connectivity index (χ3v) is 6.82. The zero-order chi connectivity index (χ0) is 18.9. The Morgan fingerprint density at radius 1 is 0.929 bits per heavy atom. The van der Waals surface area contributed by atoms with Gasteiger partial charge in [0.1, 0.15) is 11.2 Å². The molecule has 1 aliphatic carbocycles. The van der Waals surface area contributed by atoms with Crippen molar-refractivity contribution in [3.8, 4) is 0 Å². The molecule has 2 aliphatic heterocycles. The van der Waals surface area contributed by atoms with Gasteiger partial charge in [-0.1, -0.05) is 42.5 Å². The molecule has 0 radical (unpaired) electrons. The van der Waals surface area contributed by atoms with E-state index in [0.29, 0.717) is 17.5 Å². The van der Waals surface area contributed by atoms with Gasteiger partial charge >= 0.3 is 0 Å². The number of carbonyl (C=O) groups is 2. The van der Waals surface area contributed by atoms with Crippen LogP contribution >= 0.6 is 0 Å². The summed E-state index contributed by atoms with van der Waals surface area (Å²) < 4.78 is 0. The molecule has 2 aromatic carbocycles. The first-order valence-electron chi connectivity index (χ1n) is 10.0. The monoisotopic (exact) mass is 368 g/mol. The lowest BCUT2D eigenvalue weighted by molar-refractivity contribution is 0.0613. The van der Waals surface area contributed by atoms with Crippen LogP contribution in [0.1, 0.15) is 45.5 Å². The van der Waals surface area contributed by atoms with E-state index in [0.717, 1.165) is 48.1 Å². The summed E-state index contributed by atoms with van der Waals surface area (Å²) in [6.45, 7) is 0.849. The fourth-order valence-corrected chi connectivity index (χ4v) is 5.57. The second-order valence-electron chi connectivity index (χ2n) is 8.22. The van der Waals surface area contributed by atoms with E-state index in [1.165, 1.54) is 0 Å². The van der Waals surface area contributed by atoms with Gasteiger partial charge in [-0.25, -0.2) is 4.98 Å². The molecule has 3 aliphatic rings. The molecule has 6 rings (SSSR count). The van der Waals surface area contributed by atoms with E-state index < -0.39 is 5.41 Å². The van der Waals surface area contributed by atoms with Crippen molar-refractivity contribution in [1.29, 1.82) is 0 Å². The number of hydrogen-bond acceptors (Lipinski definition) is 4. The Kier molecular flexibility index (Phi) is 3.14. The van der Waals surface area contributed by atoms with Crippen LogP contribution in [0.2, 0.25) is 0 Å². The standard InChI is InChI=1S/C24H20N2O2/c27-21-17-8-2-3-9-18(17)22(28)24(21)14-16-13-15-7-1-4-10-19(15)25-23(16)26-12-6-5-11-20(24)26/h1-4,7-10,13,20H,5-6,11-12,14H2/t20-/m0/s1. The summed E-state index contributed by atoms with van der Waals surface area (Å²) in [6, 6.07) is 17.4. The van der Waals surface area contributed by atoms with E-state index in [1.807, 2.05) is 48.5 Å². The van der Waals surface area contributed by atoms with Crippen LogP contribution in [0.3, 0.4) is 0 Å². The normalized spacial score (nSPS) is 22.3. The number of carbonyl (C=O) groups excluding carboxylic acids is 2. The highest BCUT2D eigenvalue weighted by atomic mass is 16.2. The molecule has 4 nitrogen and oxygen atoms in total. The number of hydrogen-bond donors (Lipinski definition) is 0. The number of fused-ring (bicyclic) bond motifs is 6. The second kappa shape index (κ2) is 5.51. The van der Waals surface area contributed by atoms with Crippen LogP contribution in [0, 0.1) is 5.41 Å². The van der Waals surface area contributed by atoms with Crippen LogP contribution in [0.25, 0.3) is 10.9 Å². The molecule has 1 atom stereocenters. The minimum Gasteiger partial charge on any atom is -0.352 e. The van der Waals surface area contributed by atoms with Crippen LogP contribution in [0.15, 0.2) is 54.6 Å². The number of para-hydroxylation sites is 1. The van der Waals surface area contributed by atoms with Gasteiger partial charge in [0.15, 0.2) is 11.6 Å². The molecule has 28 heavy (non-hydrogen) atoms. The number of Topliss-reactive ketones (excluding diaryl/α,β-unsaturated/α-hetero) is 2. The van der Waals surface area contributed by atoms with Gasteiger partial charge in [0.2, 0.25) is 0 Å². The van der Waals surface area contributed by atoms with E-state index >= 15 is 0 Å². The maximum Gasteiger partial charge on any atom is 0.179 e. The maximum absolute atomic E-state index is 13.6. The molecule has 0 N–H and O–H groups in total. The van der Waals surface area contributed by atoms with Crippen LogP contribution < -0.4 is 4.90 Å². The van der Waals surface area contributed by atoms with Gasteiger partial charge in [-0.2, -0.15) is 0 Å². The van der Waals surface area contributed by atoms with Crippen molar-refractivity contribution in [2.24, 2.45) is 5.41 Å². The maximum atomic E-state index is 13.6. The molecule has 0 amide bonds. The van der Waals surface area contributed by atoms with Gasteiger partial charge in [0, 0.05) is 23.1 Å². The predicted octanol–water partition coefficient (Wildman–Crippen LogP) is 4.22. The largest absolute Gasteiger partial charge is 0.352 e. The average Bonchev–Trinajstić information content (AvgIpc) is 2.96. The topological polar surface area (TPSA) is 50.3 Å². The smallest absolute Gasteiger partial charge is 0.179 e. The Hall–Kier alpha value is -3.01. The van der Waals surface area contributed by atoms with Crippen molar-refractivity contribution < 1.29 is 9.59 Å². The lowest BCUT2D eigenvalue weighted by atomic mass is 9.66. The van der Waals surface area contributed by atoms with Crippen molar-refractivity contribution in [2.45, 2.75) is 31.7 Å². The number of nitrogens with zero attached hydrogens (tertiary/aromatic N) is 2. The van der Waals surface area contributed by atoms with Crippen molar-refractivity contribution in [2.75, 3.05) is 11.4 Å². The Balaban J connectivity index is 1.60. The van der Waals surface area contributed by atoms with Crippen LogP contribution in [0.5, 0.6) is 0 Å². The lowest BCUT2D eigenvalue weighted by Gasteiger charge is -2.49. The molecule has 0 unspecified atom stereocenters. The third-order valence-electron chi connectivity index (χ3n) is 6.82. The summed E-state index contributed by atoms with van der Waals surface area (Å²) >= 11 is 0. The molecule has 0 bridgehead atoms. The highest BCUT2D eigenvalue weighted by Gasteiger charge is 2.61. The van der Waals surface area contributed by atoms with Crippen LogP contribution in [0.4, 0.5) is 5.82 Å². The Bertz CT molecular complexity index is 1130. The SMILES string of the molecule is O=C1c2ccccc2C(=O)C12Cc1cc3ccccc3nc1N1CCCC[C@H]12.